The molecule has 0 unspecified atom stereocenters. The van der Waals surface area contributed by atoms with Crippen LogP contribution in [-0.2, 0) is 29.2 Å². The van der Waals surface area contributed by atoms with Gasteiger partial charge in [-0.15, -0.1) is 5.10 Å². The van der Waals surface area contributed by atoms with E-state index in [-0.39, 0.29) is 24.8 Å². The summed E-state index contributed by atoms with van der Waals surface area (Å²) in [6.45, 7) is 11.1. The second-order valence-corrected chi connectivity index (χ2v) is 9.48. The molecule has 0 amide bonds. The van der Waals surface area contributed by atoms with Crippen LogP contribution in [0.1, 0.15) is 60.0 Å². The van der Waals surface area contributed by atoms with Crippen LogP contribution in [0.3, 0.4) is 0 Å². The topological polar surface area (TPSA) is 106 Å². The van der Waals surface area contributed by atoms with Crippen molar-refractivity contribution in [1.29, 1.82) is 0 Å². The van der Waals surface area contributed by atoms with Crippen molar-refractivity contribution >= 4 is 16.9 Å². The van der Waals surface area contributed by atoms with Crippen LogP contribution in [0.25, 0.3) is 10.9 Å². The Morgan fingerprint density at radius 1 is 1.05 bits per heavy atom. The highest BCUT2D eigenvalue weighted by molar-refractivity contribution is 5.83. The number of carbonyl (C=O) groups is 1. The molecule has 9 heteroatoms. The molecule has 1 atom stereocenters. The van der Waals surface area contributed by atoms with Gasteiger partial charge in [-0.1, -0.05) is 42.8 Å². The molecule has 1 N–H and O–H groups in total. The van der Waals surface area contributed by atoms with Crippen LogP contribution >= 0.6 is 0 Å². The van der Waals surface area contributed by atoms with Crippen molar-refractivity contribution in [3.05, 3.63) is 86.5 Å². The fourth-order valence-corrected chi connectivity index (χ4v) is 4.75. The highest BCUT2D eigenvalue weighted by atomic mass is 16.5. The van der Waals surface area contributed by atoms with Crippen LogP contribution in [0, 0.1) is 20.8 Å². The van der Waals surface area contributed by atoms with Crippen molar-refractivity contribution in [3.63, 3.8) is 0 Å². The van der Waals surface area contributed by atoms with Crippen LogP contribution in [-0.4, -0.2) is 42.7 Å². The van der Waals surface area contributed by atoms with Crippen molar-refractivity contribution in [1.82, 2.24) is 30.1 Å². The van der Waals surface area contributed by atoms with Crippen molar-refractivity contribution in [2.24, 2.45) is 0 Å². The van der Waals surface area contributed by atoms with Crippen molar-refractivity contribution in [3.8, 4) is 0 Å². The summed E-state index contributed by atoms with van der Waals surface area (Å²) in [4.78, 5) is 30.6. The number of carbonyl (C=O) groups excluding carboxylic acids is 1. The van der Waals surface area contributed by atoms with E-state index < -0.39 is 5.97 Å². The number of hydrogen-bond donors (Lipinski definition) is 1. The number of tetrazole rings is 1. The first kappa shape index (κ1) is 26.2. The van der Waals surface area contributed by atoms with E-state index in [1.54, 1.807) is 6.92 Å². The zero-order valence-electron chi connectivity index (χ0n) is 22.1. The Morgan fingerprint density at radius 3 is 2.51 bits per heavy atom. The third-order valence-electron chi connectivity index (χ3n) is 6.54. The molecule has 9 nitrogen and oxygen atoms in total. The van der Waals surface area contributed by atoms with E-state index in [1.165, 1.54) is 10.2 Å². The highest BCUT2D eigenvalue weighted by Crippen LogP contribution is 2.27. The largest absolute Gasteiger partial charge is 0.465 e. The Labute approximate surface area is 216 Å². The summed E-state index contributed by atoms with van der Waals surface area (Å²) in [5.74, 6) is 0.166. The number of hydrogen-bond acceptors (Lipinski definition) is 7. The fourth-order valence-electron chi connectivity index (χ4n) is 4.75. The zero-order valence-corrected chi connectivity index (χ0v) is 22.1. The van der Waals surface area contributed by atoms with Gasteiger partial charge in [0.2, 0.25) is 0 Å². The Bertz CT molecular complexity index is 1440. The second-order valence-electron chi connectivity index (χ2n) is 9.48. The Balaban J connectivity index is 1.74. The first-order valence-electron chi connectivity index (χ1n) is 12.6. The molecule has 0 bridgehead atoms. The molecule has 0 saturated carbocycles. The smallest absolute Gasteiger partial charge is 0.327 e. The first-order chi connectivity index (χ1) is 17.8. The van der Waals surface area contributed by atoms with Crippen molar-refractivity contribution in [2.75, 3.05) is 6.61 Å². The van der Waals surface area contributed by atoms with Crippen molar-refractivity contribution < 1.29 is 9.53 Å². The third-order valence-corrected chi connectivity index (χ3v) is 6.54. The fraction of sp³-hybridized carbons (Fsp3) is 0.393. The number of nitrogens with zero attached hydrogens (tertiary/aromatic N) is 5. The summed E-state index contributed by atoms with van der Waals surface area (Å²) < 4.78 is 6.60. The number of ether oxygens (including phenoxy) is 1. The number of benzene rings is 2. The zero-order chi connectivity index (χ0) is 26.5. The molecule has 4 rings (SSSR count). The molecule has 0 aliphatic carbocycles. The SMILES string of the molecule is CCOC(=O)Cn1nnnc1[C@@H](CC)N(Cc1ccc(C)cc1)Cc1cc2c(C)cc(C)cc2[nH]c1=O. The van der Waals surface area contributed by atoms with Crippen LogP contribution in [0.4, 0.5) is 0 Å². The standard InChI is InChI=1S/C28H34N6O3/c1-6-25(27-30-31-32-34(27)17-26(35)37-7-2)33(15-21-10-8-18(3)9-11-21)16-22-14-23-20(5)12-19(4)13-24(23)29-28(22)36/h8-14,25H,6-7,15-17H2,1-5H3,(H,29,36)/t25-/m1/s1. The van der Waals surface area contributed by atoms with Crippen LogP contribution < -0.4 is 5.56 Å². The van der Waals surface area contributed by atoms with E-state index in [0.29, 0.717) is 30.9 Å². The number of rotatable bonds is 10. The Hall–Kier alpha value is -3.85. The molecule has 0 spiro atoms. The number of aromatic nitrogens is 5. The predicted octanol–water partition coefficient (Wildman–Crippen LogP) is 4.16. The molecule has 0 radical (unpaired) electrons. The molecule has 4 aromatic rings. The number of pyridine rings is 1. The summed E-state index contributed by atoms with van der Waals surface area (Å²) in [7, 11) is 0. The van der Waals surface area contributed by atoms with Crippen LogP contribution in [0.2, 0.25) is 0 Å². The number of esters is 1. The molecule has 2 aromatic carbocycles. The van der Waals surface area contributed by atoms with Gasteiger partial charge in [0, 0.05) is 29.6 Å². The molecular formula is C28H34N6O3. The average Bonchev–Trinajstić information content (AvgIpc) is 3.29. The lowest BCUT2D eigenvalue weighted by Gasteiger charge is -2.30. The van der Waals surface area contributed by atoms with Gasteiger partial charge in [0.15, 0.2) is 5.82 Å². The predicted molar refractivity (Wildman–Crippen MR) is 142 cm³/mol. The van der Waals surface area contributed by atoms with Gasteiger partial charge in [-0.25, -0.2) is 4.68 Å². The second kappa shape index (κ2) is 11.5. The molecule has 194 valence electrons. The maximum Gasteiger partial charge on any atom is 0.327 e. The molecule has 0 saturated heterocycles. The maximum atomic E-state index is 13.2. The number of aryl methyl sites for hydroxylation is 3. The molecule has 0 fully saturated rings. The van der Waals surface area contributed by atoms with Gasteiger partial charge in [0.05, 0.1) is 12.6 Å². The van der Waals surface area contributed by atoms with Gasteiger partial charge in [-0.05, 0) is 73.4 Å². The lowest BCUT2D eigenvalue weighted by atomic mass is 10.0. The maximum absolute atomic E-state index is 13.2. The monoisotopic (exact) mass is 502 g/mol. The van der Waals surface area contributed by atoms with Crippen LogP contribution in [0.5, 0.6) is 0 Å². The number of aromatic amines is 1. The van der Waals surface area contributed by atoms with Gasteiger partial charge >= 0.3 is 5.97 Å². The van der Waals surface area contributed by atoms with E-state index in [1.807, 2.05) is 26.0 Å². The number of nitrogens with one attached hydrogen (secondary N) is 1. The Kier molecular flexibility index (Phi) is 8.13. The van der Waals surface area contributed by atoms with E-state index in [9.17, 15) is 9.59 Å². The molecule has 2 heterocycles. The lowest BCUT2D eigenvalue weighted by molar-refractivity contribution is -0.144. The van der Waals surface area contributed by atoms with Gasteiger partial charge < -0.3 is 9.72 Å². The van der Waals surface area contributed by atoms with Gasteiger partial charge in [0.1, 0.15) is 6.54 Å². The summed E-state index contributed by atoms with van der Waals surface area (Å²) >= 11 is 0. The first-order valence-corrected chi connectivity index (χ1v) is 12.6. The third kappa shape index (κ3) is 6.11. The molecule has 0 aliphatic heterocycles. The summed E-state index contributed by atoms with van der Waals surface area (Å²) in [5.41, 5.74) is 5.88. The minimum absolute atomic E-state index is 0.0693. The van der Waals surface area contributed by atoms with E-state index in [4.69, 9.17) is 4.74 Å². The van der Waals surface area contributed by atoms with Gasteiger partial charge in [-0.3, -0.25) is 14.5 Å². The van der Waals surface area contributed by atoms with E-state index >= 15 is 0 Å². The van der Waals surface area contributed by atoms with Crippen LogP contribution in [0.15, 0.2) is 47.3 Å². The number of fused-ring (bicyclic) bond motifs is 1. The normalized spacial score (nSPS) is 12.3. The highest BCUT2D eigenvalue weighted by Gasteiger charge is 2.27. The molecular weight excluding hydrogens is 468 g/mol. The van der Waals surface area contributed by atoms with Gasteiger partial charge in [0.25, 0.3) is 5.56 Å². The molecule has 2 aromatic heterocycles. The summed E-state index contributed by atoms with van der Waals surface area (Å²) in [6, 6.07) is 14.2. The quantitative estimate of drug-likeness (QED) is 0.325. The average molecular weight is 503 g/mol. The summed E-state index contributed by atoms with van der Waals surface area (Å²) in [5, 5.41) is 13.2. The minimum Gasteiger partial charge on any atom is -0.465 e. The van der Waals surface area contributed by atoms with Gasteiger partial charge in [-0.2, -0.15) is 0 Å². The minimum atomic E-state index is -0.396. The van der Waals surface area contributed by atoms with Crippen molar-refractivity contribution in [2.45, 2.75) is 66.7 Å². The number of H-pyrrole nitrogens is 1. The summed E-state index contributed by atoms with van der Waals surface area (Å²) in [6.07, 6.45) is 0.679. The molecule has 0 aliphatic rings. The lowest BCUT2D eigenvalue weighted by Crippen LogP contribution is -2.33. The van der Waals surface area contributed by atoms with E-state index in [0.717, 1.165) is 27.6 Å². The Morgan fingerprint density at radius 2 is 1.81 bits per heavy atom. The molecule has 37 heavy (non-hydrogen) atoms. The van der Waals surface area contributed by atoms with E-state index in [2.05, 4.69) is 69.6 Å².